The second-order valence-corrected chi connectivity index (χ2v) is 9.43. The van der Waals surface area contributed by atoms with Crippen molar-refractivity contribution in [3.05, 3.63) is 59.5 Å². The van der Waals surface area contributed by atoms with Gasteiger partial charge in [0.25, 0.3) is 0 Å². The molecular formula is C21H29N3O4S. The second-order valence-electron chi connectivity index (χ2n) is 7.50. The van der Waals surface area contributed by atoms with Gasteiger partial charge in [-0.3, -0.25) is 9.69 Å². The maximum absolute atomic E-state index is 12.6. The predicted molar refractivity (Wildman–Crippen MR) is 112 cm³/mol. The van der Waals surface area contributed by atoms with E-state index in [2.05, 4.69) is 10.2 Å². The Bertz CT molecular complexity index is 911. The van der Waals surface area contributed by atoms with Crippen molar-refractivity contribution in [1.82, 2.24) is 14.5 Å². The van der Waals surface area contributed by atoms with Crippen LogP contribution in [-0.2, 0) is 21.4 Å². The Balaban J connectivity index is 1.80. The Labute approximate surface area is 172 Å². The number of furan rings is 1. The highest BCUT2D eigenvalue weighted by Gasteiger charge is 2.30. The summed E-state index contributed by atoms with van der Waals surface area (Å²) in [6.45, 7) is 4.80. The Morgan fingerprint density at radius 2 is 1.86 bits per heavy atom. The van der Waals surface area contributed by atoms with E-state index < -0.39 is 16.1 Å². The molecule has 1 amide bonds. The molecule has 29 heavy (non-hydrogen) atoms. The number of hydrogen-bond acceptors (Lipinski definition) is 5. The quantitative estimate of drug-likeness (QED) is 0.822. The van der Waals surface area contributed by atoms with Gasteiger partial charge in [0.15, 0.2) is 0 Å². The van der Waals surface area contributed by atoms with Crippen LogP contribution in [0.5, 0.6) is 0 Å². The largest absolute Gasteiger partial charge is 0.465 e. The van der Waals surface area contributed by atoms with Gasteiger partial charge in [0.1, 0.15) is 11.5 Å². The van der Waals surface area contributed by atoms with Crippen molar-refractivity contribution in [2.75, 3.05) is 32.4 Å². The summed E-state index contributed by atoms with van der Waals surface area (Å²) in [7, 11) is -3.48. The van der Waals surface area contributed by atoms with Crippen LogP contribution in [0.15, 0.2) is 46.9 Å². The van der Waals surface area contributed by atoms with Crippen LogP contribution in [0.1, 0.15) is 36.0 Å². The Hall–Kier alpha value is -2.16. The number of hydrogen-bond donors (Lipinski definition) is 1. The normalized spacial score (nSPS) is 20.8. The molecule has 2 aromatic rings. The van der Waals surface area contributed by atoms with E-state index in [1.54, 1.807) is 0 Å². The zero-order valence-electron chi connectivity index (χ0n) is 17.0. The first kappa shape index (κ1) is 21.5. The highest BCUT2D eigenvalue weighted by atomic mass is 32.2. The predicted octanol–water partition coefficient (Wildman–Crippen LogP) is 2.30. The maximum Gasteiger partial charge on any atom is 0.222 e. The van der Waals surface area contributed by atoms with E-state index in [0.29, 0.717) is 39.1 Å². The average molecular weight is 420 g/mol. The summed E-state index contributed by atoms with van der Waals surface area (Å²) in [5, 5.41) is 2.94. The van der Waals surface area contributed by atoms with E-state index in [1.165, 1.54) is 10.6 Å². The molecule has 1 saturated heterocycles. The van der Waals surface area contributed by atoms with Crippen molar-refractivity contribution in [3.8, 4) is 0 Å². The number of benzene rings is 1. The maximum atomic E-state index is 12.6. The van der Waals surface area contributed by atoms with Gasteiger partial charge in [0.2, 0.25) is 15.9 Å². The Morgan fingerprint density at radius 1 is 1.10 bits per heavy atom. The molecule has 2 heterocycles. The van der Waals surface area contributed by atoms with E-state index in [4.69, 9.17) is 4.42 Å². The number of carbonyl (C=O) groups excluding carboxylic acids is 1. The molecule has 1 aromatic heterocycles. The first-order chi connectivity index (χ1) is 13.8. The van der Waals surface area contributed by atoms with Crippen molar-refractivity contribution in [2.24, 2.45) is 0 Å². The molecule has 8 heteroatoms. The molecule has 1 aliphatic rings. The average Bonchev–Trinajstić information content (AvgIpc) is 3.06. The number of nitrogens with one attached hydrogen (secondary N) is 1. The standard InChI is InChI=1S/C21H29N3O4S/c1-17-9-10-19(28-17)16-23-12-6-13-24(29(2,26)27)20(15-21(25)22-11-14-23)18-7-4-3-5-8-18/h3-5,7-10,20H,6,11-16H2,1-2H3,(H,22,25). The van der Waals surface area contributed by atoms with Crippen LogP contribution < -0.4 is 5.32 Å². The molecule has 0 saturated carbocycles. The molecule has 1 atom stereocenters. The van der Waals surface area contributed by atoms with Gasteiger partial charge >= 0.3 is 0 Å². The number of rotatable bonds is 4. The fourth-order valence-electron chi connectivity index (χ4n) is 3.73. The summed E-state index contributed by atoms with van der Waals surface area (Å²) in [5.41, 5.74) is 0.829. The topological polar surface area (TPSA) is 82.9 Å². The SMILES string of the molecule is Cc1ccc(CN2CCCN(S(C)(=O)=O)C(c3ccccc3)CC(=O)NCC2)o1. The van der Waals surface area contributed by atoms with Crippen LogP contribution in [0.25, 0.3) is 0 Å². The summed E-state index contributed by atoms with van der Waals surface area (Å²) < 4.78 is 32.3. The molecule has 158 valence electrons. The lowest BCUT2D eigenvalue weighted by Gasteiger charge is -2.30. The monoisotopic (exact) mass is 419 g/mol. The summed E-state index contributed by atoms with van der Waals surface area (Å²) in [5.74, 6) is 1.58. The van der Waals surface area contributed by atoms with Gasteiger partial charge in [-0.2, -0.15) is 4.31 Å². The summed E-state index contributed by atoms with van der Waals surface area (Å²) >= 11 is 0. The molecule has 1 unspecified atom stereocenters. The van der Waals surface area contributed by atoms with Gasteiger partial charge in [-0.25, -0.2) is 8.42 Å². The highest BCUT2D eigenvalue weighted by molar-refractivity contribution is 7.88. The number of amides is 1. The van der Waals surface area contributed by atoms with Crippen LogP contribution in [-0.4, -0.2) is 56.0 Å². The van der Waals surface area contributed by atoms with Crippen molar-refractivity contribution >= 4 is 15.9 Å². The van der Waals surface area contributed by atoms with Gasteiger partial charge in [0, 0.05) is 26.1 Å². The van der Waals surface area contributed by atoms with Gasteiger partial charge in [-0.15, -0.1) is 0 Å². The fraction of sp³-hybridized carbons (Fsp3) is 0.476. The highest BCUT2D eigenvalue weighted by Crippen LogP contribution is 2.27. The lowest BCUT2D eigenvalue weighted by molar-refractivity contribution is -0.122. The molecule has 0 aliphatic carbocycles. The van der Waals surface area contributed by atoms with Crippen molar-refractivity contribution in [2.45, 2.75) is 32.4 Å². The molecule has 0 bridgehead atoms. The van der Waals surface area contributed by atoms with Crippen LogP contribution in [0.3, 0.4) is 0 Å². The smallest absolute Gasteiger partial charge is 0.222 e. The van der Waals surface area contributed by atoms with Crippen LogP contribution in [0.4, 0.5) is 0 Å². The molecule has 7 nitrogen and oxygen atoms in total. The molecule has 1 N–H and O–H groups in total. The van der Waals surface area contributed by atoms with E-state index >= 15 is 0 Å². The molecule has 1 aromatic carbocycles. The van der Waals surface area contributed by atoms with Gasteiger partial charge in [-0.05, 0) is 37.6 Å². The van der Waals surface area contributed by atoms with Crippen LogP contribution in [0.2, 0.25) is 0 Å². The van der Waals surface area contributed by atoms with Crippen molar-refractivity contribution in [1.29, 1.82) is 0 Å². The number of carbonyl (C=O) groups is 1. The van der Waals surface area contributed by atoms with Crippen molar-refractivity contribution in [3.63, 3.8) is 0 Å². The molecule has 0 radical (unpaired) electrons. The zero-order valence-corrected chi connectivity index (χ0v) is 17.8. The lowest BCUT2D eigenvalue weighted by atomic mass is 10.0. The van der Waals surface area contributed by atoms with E-state index in [9.17, 15) is 13.2 Å². The number of nitrogens with zero attached hydrogens (tertiary/aromatic N) is 2. The van der Waals surface area contributed by atoms with Gasteiger partial charge in [0.05, 0.1) is 18.8 Å². The summed E-state index contributed by atoms with van der Waals surface area (Å²) in [6, 6.07) is 12.7. The molecule has 1 aliphatic heterocycles. The number of aryl methyl sites for hydroxylation is 1. The third kappa shape index (κ3) is 6.16. The fourth-order valence-corrected chi connectivity index (χ4v) is 4.84. The minimum absolute atomic E-state index is 0.106. The minimum Gasteiger partial charge on any atom is -0.465 e. The van der Waals surface area contributed by atoms with Crippen molar-refractivity contribution < 1.29 is 17.6 Å². The summed E-state index contributed by atoms with van der Waals surface area (Å²) in [6.07, 6.45) is 1.99. The first-order valence-corrected chi connectivity index (χ1v) is 11.7. The molecule has 3 rings (SSSR count). The van der Waals surface area contributed by atoms with E-state index in [-0.39, 0.29) is 12.3 Å². The Kier molecular flexibility index (Phi) is 7.10. The van der Waals surface area contributed by atoms with Gasteiger partial charge < -0.3 is 9.73 Å². The third-order valence-electron chi connectivity index (χ3n) is 5.12. The Morgan fingerprint density at radius 3 is 2.52 bits per heavy atom. The third-order valence-corrected chi connectivity index (χ3v) is 6.40. The molecule has 1 fully saturated rings. The molecule has 0 spiro atoms. The summed E-state index contributed by atoms with van der Waals surface area (Å²) in [4.78, 5) is 14.8. The zero-order chi connectivity index (χ0) is 20.9. The second kappa shape index (κ2) is 9.56. The van der Waals surface area contributed by atoms with Gasteiger partial charge in [-0.1, -0.05) is 30.3 Å². The lowest BCUT2D eigenvalue weighted by Crippen LogP contribution is -2.38. The molecular weight excluding hydrogens is 390 g/mol. The van der Waals surface area contributed by atoms with E-state index in [1.807, 2.05) is 49.4 Å². The van der Waals surface area contributed by atoms with Crippen LogP contribution >= 0.6 is 0 Å². The minimum atomic E-state index is -3.48. The van der Waals surface area contributed by atoms with Crippen LogP contribution in [0, 0.1) is 6.92 Å². The van der Waals surface area contributed by atoms with E-state index in [0.717, 1.165) is 17.1 Å². The number of sulfonamides is 1. The first-order valence-electron chi connectivity index (χ1n) is 9.89.